The number of hydrogen-bond donors (Lipinski definition) is 2. The third-order valence-electron chi connectivity index (χ3n) is 1.72. The molecule has 10 heteroatoms. The number of aliphatic hydroxyl groups is 2. The Balaban J connectivity index is -0.000000117. The molecule has 0 rings (SSSR count). The van der Waals surface area contributed by atoms with Crippen LogP contribution in [0.1, 0.15) is 41.0 Å². The molecule has 137 valence electrons. The number of alkyl halides is 6. The van der Waals surface area contributed by atoms with Crippen LogP contribution in [0.3, 0.4) is 0 Å². The second-order valence-corrected chi connectivity index (χ2v) is 5.22. The molecule has 0 aromatic heterocycles. The van der Waals surface area contributed by atoms with Crippen molar-refractivity contribution in [3.05, 3.63) is 7.43 Å². The SMILES string of the molecule is CC(C)[N]=[V].CCC(C)(C)O.OC(C(F)(F)F)C(F)(F)F.[CH3-]. The van der Waals surface area contributed by atoms with Gasteiger partial charge in [0.1, 0.15) is 0 Å². The molecule has 22 heavy (non-hydrogen) atoms. The van der Waals surface area contributed by atoms with Crippen LogP contribution in [-0.2, 0) is 17.2 Å². The van der Waals surface area contributed by atoms with E-state index in [0.29, 0.717) is 6.04 Å². The van der Waals surface area contributed by atoms with Crippen molar-refractivity contribution in [3.8, 4) is 0 Å². The van der Waals surface area contributed by atoms with Crippen LogP contribution in [-0.4, -0.2) is 40.3 Å². The molecule has 0 bridgehead atoms. The Kier molecular flexibility index (Phi) is 16.7. The molecular formula is C12H24F6NO2V-. The largest absolute Gasteiger partial charge is 0.423 e. The molecule has 0 fully saturated rings. The summed E-state index contributed by atoms with van der Waals surface area (Å²) in [7, 11) is 0. The zero-order valence-electron chi connectivity index (χ0n) is 13.4. The Bertz CT molecular complexity index is 260. The monoisotopic (exact) mass is 379 g/mol. The van der Waals surface area contributed by atoms with E-state index < -0.39 is 24.1 Å². The van der Waals surface area contributed by atoms with Crippen LogP contribution < -0.4 is 0 Å². The standard InChI is InChI=1S/C5H12O.C3H2F6O.C3H7N.CH3.V/c1-4-5(2,3)6;4-2(5,6)1(10)3(7,8)9;1-3(2)4;;/h6H,4H2,1-3H3;1,10H;3H,1-2H3;1H3;/q;;;-1;. The van der Waals surface area contributed by atoms with Crippen molar-refractivity contribution >= 4 is 0 Å². The van der Waals surface area contributed by atoms with Crippen LogP contribution in [0.4, 0.5) is 26.3 Å². The van der Waals surface area contributed by atoms with E-state index in [2.05, 4.69) is 21.0 Å². The maximum atomic E-state index is 11.0. The molecule has 0 aliphatic carbocycles. The van der Waals surface area contributed by atoms with Gasteiger partial charge in [-0.15, -0.1) is 0 Å². The molecule has 0 unspecified atom stereocenters. The zero-order valence-corrected chi connectivity index (χ0v) is 14.8. The van der Waals surface area contributed by atoms with Gasteiger partial charge in [0.25, 0.3) is 0 Å². The molecule has 0 saturated heterocycles. The van der Waals surface area contributed by atoms with Gasteiger partial charge < -0.3 is 17.6 Å². The Morgan fingerprint density at radius 1 is 1.00 bits per heavy atom. The summed E-state index contributed by atoms with van der Waals surface area (Å²) in [6, 6.07) is 0.481. The van der Waals surface area contributed by atoms with Gasteiger partial charge in [0.15, 0.2) is 0 Å². The number of rotatable bonds is 2. The maximum Gasteiger partial charge on any atom is 0.423 e. The average molecular weight is 379 g/mol. The zero-order chi connectivity index (χ0) is 18.1. The normalized spacial score (nSPS) is 11.7. The van der Waals surface area contributed by atoms with E-state index in [4.69, 9.17) is 10.2 Å². The van der Waals surface area contributed by atoms with Crippen LogP contribution in [0.2, 0.25) is 0 Å². The first-order valence-corrected chi connectivity index (χ1v) is 6.49. The molecule has 0 radical (unpaired) electrons. The van der Waals surface area contributed by atoms with E-state index in [9.17, 15) is 26.3 Å². The Morgan fingerprint density at radius 3 is 1.18 bits per heavy atom. The van der Waals surface area contributed by atoms with Crippen molar-refractivity contribution in [3.63, 3.8) is 0 Å². The van der Waals surface area contributed by atoms with Crippen LogP contribution in [0.25, 0.3) is 0 Å². The van der Waals surface area contributed by atoms with Crippen molar-refractivity contribution in [1.82, 2.24) is 0 Å². The fourth-order valence-corrected chi connectivity index (χ4v) is 0.186. The minimum absolute atomic E-state index is 0. The van der Waals surface area contributed by atoms with Crippen LogP contribution >= 0.6 is 0 Å². The van der Waals surface area contributed by atoms with Crippen molar-refractivity contribution in [2.24, 2.45) is 3.79 Å². The summed E-state index contributed by atoms with van der Waals surface area (Å²) in [5.74, 6) is 0. The van der Waals surface area contributed by atoms with Gasteiger partial charge in [-0.2, -0.15) is 26.3 Å². The van der Waals surface area contributed by atoms with Gasteiger partial charge in [0, 0.05) is 0 Å². The Morgan fingerprint density at radius 2 is 1.18 bits per heavy atom. The summed E-state index contributed by atoms with van der Waals surface area (Å²) in [6.07, 6.45) is -14.7. The third kappa shape index (κ3) is 24.9. The second-order valence-electron chi connectivity index (χ2n) is 4.86. The smallest absolute Gasteiger partial charge is 0.390 e. The van der Waals surface area contributed by atoms with Crippen LogP contribution in [0.15, 0.2) is 3.79 Å². The number of nitrogens with zero attached hydrogens (tertiary/aromatic N) is 1. The quantitative estimate of drug-likeness (QED) is 0.558. The van der Waals surface area contributed by atoms with E-state index >= 15 is 0 Å². The summed E-state index contributed by atoms with van der Waals surface area (Å²) in [5, 5.41) is 16.3. The molecule has 0 aromatic rings. The fraction of sp³-hybridized carbons (Fsp3) is 0.917. The molecule has 0 aliphatic rings. The van der Waals surface area contributed by atoms with E-state index in [1.807, 2.05) is 20.8 Å². The van der Waals surface area contributed by atoms with Gasteiger partial charge >= 0.3 is 53.3 Å². The molecule has 2 N–H and O–H groups in total. The molecule has 3 nitrogen and oxygen atoms in total. The summed E-state index contributed by atoms with van der Waals surface area (Å²) >= 11 is 2.20. The average Bonchev–Trinajstić information content (AvgIpc) is 2.26. The molecule has 0 amide bonds. The van der Waals surface area contributed by atoms with Gasteiger partial charge in [0.05, 0.1) is 5.60 Å². The molecule has 0 aromatic carbocycles. The van der Waals surface area contributed by atoms with Gasteiger partial charge in [-0.25, -0.2) is 0 Å². The molecular weight excluding hydrogens is 355 g/mol. The first-order chi connectivity index (χ1) is 8.99. The maximum absolute atomic E-state index is 11.0. The molecule has 0 heterocycles. The molecule has 0 spiro atoms. The van der Waals surface area contributed by atoms with Gasteiger partial charge in [-0.05, 0) is 20.3 Å². The minimum atomic E-state index is -5.63. The Labute approximate surface area is 136 Å². The van der Waals surface area contributed by atoms with Crippen molar-refractivity contribution in [2.45, 2.75) is 71.1 Å². The summed E-state index contributed by atoms with van der Waals surface area (Å²) in [5.41, 5.74) is -0.458. The number of halogens is 6. The minimum Gasteiger partial charge on any atom is -0.390 e. The fourth-order valence-electron chi connectivity index (χ4n) is 0.186. The van der Waals surface area contributed by atoms with Gasteiger partial charge in [0.2, 0.25) is 6.10 Å². The molecule has 0 aliphatic heterocycles. The molecule has 0 atom stereocenters. The first kappa shape index (κ1) is 29.8. The topological polar surface area (TPSA) is 52.8 Å². The summed E-state index contributed by atoms with van der Waals surface area (Å²) < 4.78 is 69.7. The van der Waals surface area contributed by atoms with Gasteiger partial charge in [-0.1, -0.05) is 6.92 Å². The van der Waals surface area contributed by atoms with Gasteiger partial charge in [-0.3, -0.25) is 0 Å². The van der Waals surface area contributed by atoms with Crippen LogP contribution in [0, 0.1) is 7.43 Å². The molecule has 0 saturated carbocycles. The van der Waals surface area contributed by atoms with E-state index in [-0.39, 0.29) is 7.43 Å². The summed E-state index contributed by atoms with van der Waals surface area (Å²) in [6.45, 7) is 9.64. The second kappa shape index (κ2) is 12.3. The first-order valence-electron chi connectivity index (χ1n) is 5.87. The van der Waals surface area contributed by atoms with Crippen molar-refractivity contribution < 1.29 is 53.8 Å². The number of aliphatic hydroxyl groups excluding tert-OH is 1. The van der Waals surface area contributed by atoms with Crippen molar-refractivity contribution in [2.75, 3.05) is 0 Å². The van der Waals surface area contributed by atoms with E-state index in [0.717, 1.165) is 6.42 Å². The van der Waals surface area contributed by atoms with Crippen molar-refractivity contribution in [1.29, 1.82) is 0 Å². The van der Waals surface area contributed by atoms with E-state index in [1.54, 1.807) is 13.8 Å². The number of hydrogen-bond acceptors (Lipinski definition) is 3. The predicted molar refractivity (Wildman–Crippen MR) is 68.7 cm³/mol. The summed E-state index contributed by atoms with van der Waals surface area (Å²) in [4.78, 5) is 0. The van der Waals surface area contributed by atoms with E-state index in [1.165, 1.54) is 0 Å². The predicted octanol–water partition coefficient (Wildman–Crippen LogP) is 4.21. The third-order valence-corrected chi connectivity index (χ3v) is 2.44. The van der Waals surface area contributed by atoms with Crippen LogP contribution in [0.5, 0.6) is 0 Å². The Hall–Kier alpha value is -0.116.